The van der Waals surface area contributed by atoms with Crippen molar-refractivity contribution in [1.82, 2.24) is 14.5 Å². The number of aromatic nitrogens is 3. The maximum absolute atomic E-state index is 12.0. The first-order valence-electron chi connectivity index (χ1n) is 6.74. The quantitative estimate of drug-likeness (QED) is 0.738. The van der Waals surface area contributed by atoms with E-state index in [9.17, 15) is 9.59 Å². The first-order valence-corrected chi connectivity index (χ1v) is 6.74. The summed E-state index contributed by atoms with van der Waals surface area (Å²) in [6, 6.07) is 13.0. The minimum absolute atomic E-state index is 0.0487. The molecule has 0 aliphatic heterocycles. The van der Waals surface area contributed by atoms with Crippen molar-refractivity contribution >= 4 is 5.95 Å². The van der Waals surface area contributed by atoms with Crippen LogP contribution in [0.4, 0.5) is 5.95 Å². The van der Waals surface area contributed by atoms with Gasteiger partial charge in [-0.15, -0.1) is 0 Å². The molecule has 112 valence electrons. The average Bonchev–Trinajstić information content (AvgIpc) is 3.03. The summed E-state index contributed by atoms with van der Waals surface area (Å²) in [7, 11) is 0. The van der Waals surface area contributed by atoms with Crippen molar-refractivity contribution in [1.29, 1.82) is 0 Å². The summed E-state index contributed by atoms with van der Waals surface area (Å²) in [5.74, 6) is 0.661. The van der Waals surface area contributed by atoms with Crippen molar-refractivity contribution in [2.24, 2.45) is 0 Å². The maximum Gasteiger partial charge on any atom is 0.355 e. The van der Waals surface area contributed by atoms with E-state index in [-0.39, 0.29) is 12.5 Å². The largest absolute Gasteiger partial charge is 0.467 e. The topological polar surface area (TPSA) is 92.9 Å². The summed E-state index contributed by atoms with van der Waals surface area (Å²) in [5.41, 5.74) is -0.146. The lowest BCUT2D eigenvalue weighted by Crippen LogP contribution is -2.38. The Balaban J connectivity index is 1.77. The number of nitrogens with one attached hydrogen (secondary N) is 2. The Morgan fingerprint density at radius 1 is 1.14 bits per heavy atom. The molecule has 2 heterocycles. The fourth-order valence-electron chi connectivity index (χ4n) is 2.00. The Hall–Kier alpha value is -3.09. The van der Waals surface area contributed by atoms with Crippen LogP contribution in [0.1, 0.15) is 11.3 Å². The average molecular weight is 298 g/mol. The van der Waals surface area contributed by atoms with E-state index in [0.717, 1.165) is 10.1 Å². The van der Waals surface area contributed by atoms with Crippen LogP contribution in [-0.4, -0.2) is 14.5 Å². The van der Waals surface area contributed by atoms with E-state index in [1.54, 1.807) is 12.1 Å². The highest BCUT2D eigenvalue weighted by Gasteiger charge is 2.08. The van der Waals surface area contributed by atoms with Crippen molar-refractivity contribution in [3.8, 4) is 0 Å². The number of anilines is 1. The number of furan rings is 1. The van der Waals surface area contributed by atoms with Crippen LogP contribution in [0.3, 0.4) is 0 Å². The molecule has 1 aromatic carbocycles. The molecule has 0 unspecified atom stereocenters. The smallest absolute Gasteiger partial charge is 0.355 e. The fourth-order valence-corrected chi connectivity index (χ4v) is 2.00. The number of hydrogen-bond acceptors (Lipinski definition) is 5. The van der Waals surface area contributed by atoms with Crippen LogP contribution in [0.5, 0.6) is 0 Å². The lowest BCUT2D eigenvalue weighted by molar-refractivity contribution is 0.480. The second-order valence-electron chi connectivity index (χ2n) is 4.68. The molecule has 0 fully saturated rings. The van der Waals surface area contributed by atoms with E-state index in [1.165, 1.54) is 6.26 Å². The fraction of sp³-hybridized carbons (Fsp3) is 0.133. The first-order chi connectivity index (χ1) is 10.7. The van der Waals surface area contributed by atoms with Crippen LogP contribution in [0.15, 0.2) is 62.7 Å². The summed E-state index contributed by atoms with van der Waals surface area (Å²) in [6.45, 7) is 0.512. The van der Waals surface area contributed by atoms with Crippen LogP contribution in [0.25, 0.3) is 0 Å². The summed E-state index contributed by atoms with van der Waals surface area (Å²) >= 11 is 0. The highest BCUT2D eigenvalue weighted by Crippen LogP contribution is 2.02. The van der Waals surface area contributed by atoms with Crippen LogP contribution in [-0.2, 0) is 13.1 Å². The monoisotopic (exact) mass is 298 g/mol. The highest BCUT2D eigenvalue weighted by atomic mass is 16.3. The minimum Gasteiger partial charge on any atom is -0.467 e. The molecule has 0 aliphatic rings. The van der Waals surface area contributed by atoms with Crippen LogP contribution in [0.2, 0.25) is 0 Å². The molecule has 7 nitrogen and oxygen atoms in total. The van der Waals surface area contributed by atoms with Crippen LogP contribution < -0.4 is 16.7 Å². The van der Waals surface area contributed by atoms with Gasteiger partial charge in [0, 0.05) is 6.54 Å². The third-order valence-electron chi connectivity index (χ3n) is 3.11. The number of aromatic amines is 1. The molecule has 0 atom stereocenters. The number of nitrogens with zero attached hydrogens (tertiary/aromatic N) is 2. The van der Waals surface area contributed by atoms with E-state index in [1.807, 2.05) is 30.3 Å². The van der Waals surface area contributed by atoms with Gasteiger partial charge >= 0.3 is 11.4 Å². The SMILES string of the molecule is O=c1nc(NCc2ccccc2)[nH]c(=O)n1Cc1ccco1. The van der Waals surface area contributed by atoms with E-state index >= 15 is 0 Å². The number of benzene rings is 1. The number of hydrogen-bond donors (Lipinski definition) is 2. The molecule has 0 spiro atoms. The Bertz CT molecular complexity index is 819. The highest BCUT2D eigenvalue weighted by molar-refractivity contribution is 5.25. The summed E-state index contributed by atoms with van der Waals surface area (Å²) < 4.78 is 6.11. The number of H-pyrrole nitrogens is 1. The molecule has 0 radical (unpaired) electrons. The lowest BCUT2D eigenvalue weighted by atomic mass is 10.2. The maximum atomic E-state index is 12.0. The standard InChI is InChI=1S/C15H14N4O3/c20-14-17-13(16-9-11-5-2-1-3-6-11)18-15(21)19(14)10-12-7-4-8-22-12/h1-8H,9-10H2,(H2,16,17,18,20,21). The molecular formula is C15H14N4O3. The molecule has 2 N–H and O–H groups in total. The zero-order valence-electron chi connectivity index (χ0n) is 11.7. The summed E-state index contributed by atoms with van der Waals surface area (Å²) in [5, 5.41) is 2.93. The van der Waals surface area contributed by atoms with Gasteiger partial charge in [0.25, 0.3) is 0 Å². The van der Waals surface area contributed by atoms with Gasteiger partial charge in [-0.05, 0) is 17.7 Å². The Morgan fingerprint density at radius 2 is 1.95 bits per heavy atom. The molecule has 0 saturated carbocycles. The van der Waals surface area contributed by atoms with Crippen molar-refractivity contribution in [2.75, 3.05) is 5.32 Å². The van der Waals surface area contributed by atoms with Gasteiger partial charge in [-0.2, -0.15) is 4.98 Å². The zero-order chi connectivity index (χ0) is 15.4. The zero-order valence-corrected chi connectivity index (χ0v) is 11.7. The van der Waals surface area contributed by atoms with Crippen molar-refractivity contribution in [2.45, 2.75) is 13.1 Å². The Morgan fingerprint density at radius 3 is 2.64 bits per heavy atom. The van der Waals surface area contributed by atoms with Gasteiger partial charge in [-0.3, -0.25) is 4.98 Å². The van der Waals surface area contributed by atoms with Crippen molar-refractivity contribution < 1.29 is 4.42 Å². The van der Waals surface area contributed by atoms with Gasteiger partial charge in [0.05, 0.1) is 12.8 Å². The van der Waals surface area contributed by atoms with Gasteiger partial charge < -0.3 is 9.73 Å². The molecule has 0 saturated heterocycles. The normalized spacial score (nSPS) is 10.5. The molecule has 0 bridgehead atoms. The molecule has 7 heteroatoms. The molecular weight excluding hydrogens is 284 g/mol. The molecule has 3 aromatic rings. The second kappa shape index (κ2) is 6.13. The second-order valence-corrected chi connectivity index (χ2v) is 4.68. The predicted octanol–water partition coefficient (Wildman–Crippen LogP) is 1.18. The lowest BCUT2D eigenvalue weighted by Gasteiger charge is -2.06. The van der Waals surface area contributed by atoms with Crippen molar-refractivity contribution in [3.63, 3.8) is 0 Å². The third kappa shape index (κ3) is 3.14. The third-order valence-corrected chi connectivity index (χ3v) is 3.11. The molecule has 0 amide bonds. The van der Waals surface area contributed by atoms with Crippen LogP contribution in [0, 0.1) is 0 Å². The van der Waals surface area contributed by atoms with Crippen LogP contribution >= 0.6 is 0 Å². The van der Waals surface area contributed by atoms with Gasteiger partial charge in [0.1, 0.15) is 5.76 Å². The van der Waals surface area contributed by atoms with Gasteiger partial charge in [-0.1, -0.05) is 30.3 Å². The molecule has 0 aliphatic carbocycles. The van der Waals surface area contributed by atoms with E-state index in [4.69, 9.17) is 4.42 Å². The molecule has 2 aromatic heterocycles. The summed E-state index contributed by atoms with van der Waals surface area (Å²) in [4.78, 5) is 30.3. The minimum atomic E-state index is -0.629. The Labute approximate surface area is 125 Å². The summed E-state index contributed by atoms with van der Waals surface area (Å²) in [6.07, 6.45) is 1.48. The Kier molecular flexibility index (Phi) is 3.86. The number of rotatable bonds is 5. The van der Waals surface area contributed by atoms with E-state index < -0.39 is 11.4 Å². The molecule has 22 heavy (non-hydrogen) atoms. The van der Waals surface area contributed by atoms with Gasteiger partial charge in [0.2, 0.25) is 5.95 Å². The van der Waals surface area contributed by atoms with Gasteiger partial charge in [-0.25, -0.2) is 14.2 Å². The first kappa shape index (κ1) is 13.9. The van der Waals surface area contributed by atoms with E-state index in [2.05, 4.69) is 15.3 Å². The predicted molar refractivity (Wildman–Crippen MR) is 80.7 cm³/mol. The van der Waals surface area contributed by atoms with Gasteiger partial charge in [0.15, 0.2) is 0 Å². The van der Waals surface area contributed by atoms with E-state index in [0.29, 0.717) is 12.3 Å². The van der Waals surface area contributed by atoms with Crippen molar-refractivity contribution in [3.05, 3.63) is 81.0 Å². The molecule has 3 rings (SSSR count).